The summed E-state index contributed by atoms with van der Waals surface area (Å²) < 4.78 is 5.04. The lowest BCUT2D eigenvalue weighted by molar-refractivity contribution is -0.139. The molecule has 0 aliphatic carbocycles. The number of amides is 1. The Morgan fingerprint density at radius 1 is 1.20 bits per heavy atom. The summed E-state index contributed by atoms with van der Waals surface area (Å²) in [5.74, 6) is -1.98. The first kappa shape index (κ1) is 17.0. The van der Waals surface area contributed by atoms with Gasteiger partial charge in [0.2, 0.25) is 0 Å². The van der Waals surface area contributed by atoms with E-state index >= 15 is 0 Å². The molecular weight excluding hydrogens is 342 g/mol. The van der Waals surface area contributed by atoms with Gasteiger partial charge in [-0.2, -0.15) is 0 Å². The average molecular weight is 358 g/mol. The number of aliphatic hydroxyl groups excluding tert-OH is 1. The summed E-state index contributed by atoms with van der Waals surface area (Å²) in [5.41, 5.74) is 1.08. The predicted molar refractivity (Wildman–Crippen MR) is 94.4 cm³/mol. The third-order valence-corrected chi connectivity index (χ3v) is 4.14. The SMILES string of the molecule is CCOC(=O)C1=C(O)C(=O)N(c2ccccc2)C1c1cccc(Cl)c1. The van der Waals surface area contributed by atoms with Gasteiger partial charge >= 0.3 is 5.97 Å². The van der Waals surface area contributed by atoms with Gasteiger partial charge in [-0.1, -0.05) is 41.9 Å². The predicted octanol–water partition coefficient (Wildman–Crippen LogP) is 3.80. The molecule has 0 saturated heterocycles. The summed E-state index contributed by atoms with van der Waals surface area (Å²) in [7, 11) is 0. The standard InChI is InChI=1S/C19H16ClNO4/c1-2-25-19(24)15-16(12-7-6-8-13(20)11-12)21(18(23)17(15)22)14-9-4-3-5-10-14/h3-11,16,22H,2H2,1H3. The quantitative estimate of drug-likeness (QED) is 0.845. The van der Waals surface area contributed by atoms with Crippen LogP contribution in [-0.2, 0) is 14.3 Å². The highest BCUT2D eigenvalue weighted by molar-refractivity contribution is 6.30. The summed E-state index contributed by atoms with van der Waals surface area (Å²) in [5, 5.41) is 10.8. The molecule has 0 fully saturated rings. The molecule has 25 heavy (non-hydrogen) atoms. The molecule has 0 saturated carbocycles. The van der Waals surface area contributed by atoms with Crippen LogP contribution in [0.2, 0.25) is 5.02 Å². The fourth-order valence-corrected chi connectivity index (χ4v) is 3.07. The molecule has 3 rings (SSSR count). The highest BCUT2D eigenvalue weighted by Crippen LogP contribution is 2.41. The van der Waals surface area contributed by atoms with Crippen molar-refractivity contribution in [2.45, 2.75) is 13.0 Å². The first-order valence-corrected chi connectivity index (χ1v) is 8.16. The van der Waals surface area contributed by atoms with Crippen molar-refractivity contribution in [1.29, 1.82) is 0 Å². The highest BCUT2D eigenvalue weighted by atomic mass is 35.5. The largest absolute Gasteiger partial charge is 0.503 e. The molecule has 1 aliphatic rings. The van der Waals surface area contributed by atoms with Gasteiger partial charge in [-0.3, -0.25) is 9.69 Å². The van der Waals surface area contributed by atoms with Gasteiger partial charge in [-0.05, 0) is 36.8 Å². The van der Waals surface area contributed by atoms with E-state index in [1.807, 2.05) is 6.07 Å². The first-order chi connectivity index (χ1) is 12.0. The Kier molecular flexibility index (Phi) is 4.76. The van der Waals surface area contributed by atoms with Gasteiger partial charge in [-0.15, -0.1) is 0 Å². The van der Waals surface area contributed by atoms with E-state index < -0.39 is 23.7 Å². The summed E-state index contributed by atoms with van der Waals surface area (Å²) in [4.78, 5) is 26.4. The molecule has 1 amide bonds. The maximum atomic E-state index is 12.7. The number of ether oxygens (including phenoxy) is 1. The molecule has 6 heteroatoms. The summed E-state index contributed by atoms with van der Waals surface area (Å²) in [6.07, 6.45) is 0. The maximum Gasteiger partial charge on any atom is 0.340 e. The summed E-state index contributed by atoms with van der Waals surface area (Å²) in [6, 6.07) is 14.9. The third-order valence-electron chi connectivity index (χ3n) is 3.90. The first-order valence-electron chi connectivity index (χ1n) is 7.79. The number of para-hydroxylation sites is 1. The van der Waals surface area contributed by atoms with Crippen molar-refractivity contribution in [3.8, 4) is 0 Å². The lowest BCUT2D eigenvalue weighted by Gasteiger charge is -2.26. The second kappa shape index (κ2) is 6.99. The van der Waals surface area contributed by atoms with Gasteiger partial charge in [0.25, 0.3) is 5.91 Å². The van der Waals surface area contributed by atoms with Crippen molar-refractivity contribution in [2.24, 2.45) is 0 Å². The molecule has 1 heterocycles. The average Bonchev–Trinajstić information content (AvgIpc) is 2.87. The minimum absolute atomic E-state index is 0.0852. The van der Waals surface area contributed by atoms with Crippen molar-refractivity contribution in [2.75, 3.05) is 11.5 Å². The van der Waals surface area contributed by atoms with Crippen LogP contribution in [-0.4, -0.2) is 23.6 Å². The van der Waals surface area contributed by atoms with Crippen molar-refractivity contribution >= 4 is 29.2 Å². The Bertz CT molecular complexity index is 848. The monoisotopic (exact) mass is 357 g/mol. The van der Waals surface area contributed by atoms with Gasteiger partial charge in [-0.25, -0.2) is 4.79 Å². The zero-order valence-corrected chi connectivity index (χ0v) is 14.2. The van der Waals surface area contributed by atoms with E-state index in [0.717, 1.165) is 0 Å². The number of anilines is 1. The number of nitrogens with zero attached hydrogens (tertiary/aromatic N) is 1. The van der Waals surface area contributed by atoms with Gasteiger partial charge in [0.15, 0.2) is 5.76 Å². The number of halogens is 1. The fourth-order valence-electron chi connectivity index (χ4n) is 2.87. The molecule has 0 bridgehead atoms. The van der Waals surface area contributed by atoms with Gasteiger partial charge in [0.05, 0.1) is 12.6 Å². The van der Waals surface area contributed by atoms with Crippen LogP contribution in [0.15, 0.2) is 65.9 Å². The number of hydrogen-bond acceptors (Lipinski definition) is 4. The Balaban J connectivity index is 2.16. The van der Waals surface area contributed by atoms with Crippen molar-refractivity contribution in [1.82, 2.24) is 0 Å². The van der Waals surface area contributed by atoms with E-state index in [2.05, 4.69) is 0 Å². The minimum Gasteiger partial charge on any atom is -0.503 e. The topological polar surface area (TPSA) is 66.8 Å². The van der Waals surface area contributed by atoms with E-state index in [0.29, 0.717) is 16.3 Å². The number of aliphatic hydroxyl groups is 1. The number of carbonyl (C=O) groups excluding carboxylic acids is 2. The van der Waals surface area contributed by atoms with E-state index in [-0.39, 0.29) is 12.2 Å². The molecular formula is C19H16ClNO4. The lowest BCUT2D eigenvalue weighted by Crippen LogP contribution is -2.31. The van der Waals surface area contributed by atoms with E-state index in [4.69, 9.17) is 16.3 Å². The molecule has 5 nitrogen and oxygen atoms in total. The molecule has 0 aromatic heterocycles. The summed E-state index contributed by atoms with van der Waals surface area (Å²) >= 11 is 6.08. The third kappa shape index (κ3) is 3.10. The van der Waals surface area contributed by atoms with Crippen molar-refractivity contribution < 1.29 is 19.4 Å². The fraction of sp³-hybridized carbons (Fsp3) is 0.158. The van der Waals surface area contributed by atoms with Crippen LogP contribution < -0.4 is 4.90 Å². The van der Waals surface area contributed by atoms with Gasteiger partial charge in [0.1, 0.15) is 5.57 Å². The van der Waals surface area contributed by atoms with E-state index in [1.54, 1.807) is 55.5 Å². The Labute approximate surface area is 150 Å². The molecule has 1 unspecified atom stereocenters. The molecule has 128 valence electrons. The number of benzene rings is 2. The number of rotatable bonds is 4. The molecule has 0 radical (unpaired) electrons. The molecule has 2 aromatic rings. The Morgan fingerprint density at radius 2 is 1.92 bits per heavy atom. The Hall–Kier alpha value is -2.79. The second-order valence-corrected chi connectivity index (χ2v) is 5.89. The molecule has 1 aliphatic heterocycles. The number of hydrogen-bond donors (Lipinski definition) is 1. The summed E-state index contributed by atoms with van der Waals surface area (Å²) in [6.45, 7) is 1.80. The van der Waals surface area contributed by atoms with Crippen LogP contribution in [0, 0.1) is 0 Å². The van der Waals surface area contributed by atoms with Crippen LogP contribution in [0.3, 0.4) is 0 Å². The van der Waals surface area contributed by atoms with Crippen LogP contribution in [0.25, 0.3) is 0 Å². The maximum absolute atomic E-state index is 12.7. The number of esters is 1. The van der Waals surface area contributed by atoms with Crippen molar-refractivity contribution in [3.05, 3.63) is 76.5 Å². The smallest absolute Gasteiger partial charge is 0.340 e. The van der Waals surface area contributed by atoms with Gasteiger partial charge in [0, 0.05) is 10.7 Å². The van der Waals surface area contributed by atoms with Crippen LogP contribution in [0.4, 0.5) is 5.69 Å². The molecule has 1 N–H and O–H groups in total. The highest BCUT2D eigenvalue weighted by Gasteiger charge is 2.45. The zero-order chi connectivity index (χ0) is 18.0. The minimum atomic E-state index is -0.812. The van der Waals surface area contributed by atoms with Crippen LogP contribution in [0.5, 0.6) is 0 Å². The number of carbonyl (C=O) groups is 2. The zero-order valence-electron chi connectivity index (χ0n) is 13.5. The van der Waals surface area contributed by atoms with E-state index in [1.165, 1.54) is 4.90 Å². The second-order valence-electron chi connectivity index (χ2n) is 5.45. The van der Waals surface area contributed by atoms with Gasteiger partial charge < -0.3 is 9.84 Å². The van der Waals surface area contributed by atoms with E-state index in [9.17, 15) is 14.7 Å². The van der Waals surface area contributed by atoms with Crippen LogP contribution >= 0.6 is 11.6 Å². The molecule has 2 aromatic carbocycles. The lowest BCUT2D eigenvalue weighted by atomic mass is 9.99. The normalized spacial score (nSPS) is 17.1. The van der Waals surface area contributed by atoms with Crippen LogP contribution in [0.1, 0.15) is 18.5 Å². The van der Waals surface area contributed by atoms with Crippen molar-refractivity contribution in [3.63, 3.8) is 0 Å². The Morgan fingerprint density at radius 3 is 2.56 bits per heavy atom. The molecule has 1 atom stereocenters. The molecule has 0 spiro atoms.